The van der Waals surface area contributed by atoms with E-state index in [0.29, 0.717) is 28.6 Å². The van der Waals surface area contributed by atoms with Gasteiger partial charge < -0.3 is 10.3 Å². The number of fused-ring (bicyclic) bond motifs is 1. The summed E-state index contributed by atoms with van der Waals surface area (Å²) >= 11 is 0. The van der Waals surface area contributed by atoms with Crippen LogP contribution in [-0.4, -0.2) is 27.4 Å². The van der Waals surface area contributed by atoms with E-state index in [2.05, 4.69) is 20.3 Å². The lowest BCUT2D eigenvalue weighted by Gasteiger charge is -2.02. The number of hydrogen-bond acceptors (Lipinski definition) is 3. The number of carbonyl (C=O) groups is 1. The summed E-state index contributed by atoms with van der Waals surface area (Å²) in [5, 5.41) is 2.98. The predicted octanol–water partition coefficient (Wildman–Crippen LogP) is 1.98. The van der Waals surface area contributed by atoms with Crippen molar-refractivity contribution in [1.82, 2.24) is 20.3 Å². The molecule has 2 aliphatic rings. The number of aromatic nitrogens is 3. The van der Waals surface area contributed by atoms with Gasteiger partial charge in [-0.15, -0.1) is 0 Å². The minimum atomic E-state index is -0.0413. The lowest BCUT2D eigenvalue weighted by atomic mass is 10.2. The smallest absolute Gasteiger partial charge is 0.255 e. The quantitative estimate of drug-likeness (QED) is 0.878. The summed E-state index contributed by atoms with van der Waals surface area (Å²) < 4.78 is 0. The molecule has 0 spiro atoms. The second kappa shape index (κ2) is 4.05. The first-order chi connectivity index (χ1) is 9.31. The zero-order valence-electron chi connectivity index (χ0n) is 10.6. The Morgan fingerprint density at radius 1 is 1.37 bits per heavy atom. The summed E-state index contributed by atoms with van der Waals surface area (Å²) in [5.74, 6) is 1.19. The molecule has 4 rings (SSSR count). The van der Waals surface area contributed by atoms with E-state index in [1.54, 1.807) is 6.20 Å². The molecule has 0 bridgehead atoms. The Balaban J connectivity index is 1.63. The Hall–Kier alpha value is -1.91. The molecule has 0 saturated heterocycles. The first-order valence-electron chi connectivity index (χ1n) is 6.93. The summed E-state index contributed by atoms with van der Waals surface area (Å²) in [5.41, 5.74) is 3.03. The third kappa shape index (κ3) is 2.09. The van der Waals surface area contributed by atoms with Crippen molar-refractivity contribution in [3.05, 3.63) is 23.7 Å². The maximum atomic E-state index is 12.1. The van der Waals surface area contributed by atoms with Crippen LogP contribution in [0.5, 0.6) is 0 Å². The van der Waals surface area contributed by atoms with Crippen LogP contribution in [0.1, 0.15) is 47.7 Å². The van der Waals surface area contributed by atoms with Crippen LogP contribution in [0.4, 0.5) is 0 Å². The highest BCUT2D eigenvalue weighted by Crippen LogP contribution is 2.39. The van der Waals surface area contributed by atoms with E-state index >= 15 is 0 Å². The second-order valence-electron chi connectivity index (χ2n) is 5.62. The van der Waals surface area contributed by atoms with Crippen molar-refractivity contribution in [2.75, 3.05) is 6.54 Å². The van der Waals surface area contributed by atoms with Gasteiger partial charge in [0.25, 0.3) is 5.91 Å². The third-order valence-corrected chi connectivity index (χ3v) is 3.89. The lowest BCUT2D eigenvalue weighted by Crippen LogP contribution is -2.25. The summed E-state index contributed by atoms with van der Waals surface area (Å²) in [6.07, 6.45) is 8.38. The zero-order chi connectivity index (χ0) is 12.8. The molecule has 2 N–H and O–H groups in total. The second-order valence-corrected chi connectivity index (χ2v) is 5.62. The highest BCUT2D eigenvalue weighted by atomic mass is 16.1. The number of H-pyrrole nitrogens is 1. The fourth-order valence-corrected chi connectivity index (χ4v) is 2.31. The molecule has 5 nitrogen and oxygen atoms in total. The third-order valence-electron chi connectivity index (χ3n) is 3.89. The van der Waals surface area contributed by atoms with Crippen molar-refractivity contribution in [2.45, 2.75) is 31.6 Å². The van der Waals surface area contributed by atoms with Gasteiger partial charge >= 0.3 is 0 Å². The number of aromatic amines is 1. The molecular weight excluding hydrogens is 240 g/mol. The minimum absolute atomic E-state index is 0.0413. The fourth-order valence-electron chi connectivity index (χ4n) is 2.31. The largest absolute Gasteiger partial charge is 0.352 e. The maximum Gasteiger partial charge on any atom is 0.255 e. The molecule has 2 aromatic heterocycles. The average Bonchev–Trinajstić information content (AvgIpc) is 3.32. The van der Waals surface area contributed by atoms with Crippen LogP contribution >= 0.6 is 0 Å². The molecule has 5 heteroatoms. The van der Waals surface area contributed by atoms with Crippen LogP contribution in [0.2, 0.25) is 0 Å². The highest BCUT2D eigenvalue weighted by molar-refractivity contribution is 6.04. The van der Waals surface area contributed by atoms with Gasteiger partial charge in [0.15, 0.2) is 5.65 Å². The van der Waals surface area contributed by atoms with E-state index in [4.69, 9.17) is 0 Å². The van der Waals surface area contributed by atoms with Gasteiger partial charge in [-0.05, 0) is 31.6 Å². The van der Waals surface area contributed by atoms with Crippen molar-refractivity contribution in [2.24, 2.45) is 5.92 Å². The molecule has 2 aromatic rings. The van der Waals surface area contributed by atoms with Gasteiger partial charge in [0, 0.05) is 18.7 Å². The van der Waals surface area contributed by atoms with Crippen molar-refractivity contribution >= 4 is 17.1 Å². The monoisotopic (exact) mass is 256 g/mol. The Morgan fingerprint density at radius 2 is 2.21 bits per heavy atom. The standard InChI is InChI=1S/C14H16N4O/c19-14(17-5-8-1-2-8)10-6-15-13-12(10)18-11(7-16-13)9-3-4-9/h6-9H,1-5H2,(H,15,16)(H,17,19). The summed E-state index contributed by atoms with van der Waals surface area (Å²) in [6.45, 7) is 0.779. The first-order valence-corrected chi connectivity index (χ1v) is 6.93. The van der Waals surface area contributed by atoms with Crippen LogP contribution in [-0.2, 0) is 0 Å². The molecule has 0 aromatic carbocycles. The number of nitrogens with zero attached hydrogens (tertiary/aromatic N) is 2. The van der Waals surface area contributed by atoms with Gasteiger partial charge in [-0.25, -0.2) is 9.97 Å². The van der Waals surface area contributed by atoms with E-state index in [0.717, 1.165) is 12.2 Å². The first kappa shape index (κ1) is 11.0. The number of amides is 1. The molecular formula is C14H16N4O. The molecule has 2 aliphatic carbocycles. The van der Waals surface area contributed by atoms with Crippen LogP contribution in [0, 0.1) is 5.92 Å². The Morgan fingerprint density at radius 3 is 2.95 bits per heavy atom. The van der Waals surface area contributed by atoms with Crippen molar-refractivity contribution in [3.63, 3.8) is 0 Å². The van der Waals surface area contributed by atoms with Gasteiger partial charge in [-0.3, -0.25) is 4.79 Å². The average molecular weight is 256 g/mol. The predicted molar refractivity (Wildman–Crippen MR) is 70.9 cm³/mol. The highest BCUT2D eigenvalue weighted by Gasteiger charge is 2.27. The maximum absolute atomic E-state index is 12.1. The molecule has 98 valence electrons. The summed E-state index contributed by atoms with van der Waals surface area (Å²) in [4.78, 5) is 24.1. The Kier molecular flexibility index (Phi) is 2.33. The normalized spacial score (nSPS) is 18.7. The van der Waals surface area contributed by atoms with Crippen LogP contribution < -0.4 is 5.32 Å². The number of carbonyl (C=O) groups excluding carboxylic acids is 1. The van der Waals surface area contributed by atoms with Crippen LogP contribution in [0.15, 0.2) is 12.4 Å². The van der Waals surface area contributed by atoms with Crippen molar-refractivity contribution in [3.8, 4) is 0 Å². The topological polar surface area (TPSA) is 70.7 Å². The van der Waals surface area contributed by atoms with Crippen LogP contribution in [0.25, 0.3) is 11.2 Å². The van der Waals surface area contributed by atoms with E-state index in [1.807, 2.05) is 6.20 Å². The van der Waals surface area contributed by atoms with Gasteiger partial charge in [0.2, 0.25) is 0 Å². The molecule has 2 heterocycles. The number of nitrogens with one attached hydrogen (secondary N) is 2. The number of hydrogen-bond donors (Lipinski definition) is 2. The van der Waals surface area contributed by atoms with Gasteiger partial charge in [-0.2, -0.15) is 0 Å². The molecule has 0 atom stereocenters. The molecule has 2 fully saturated rings. The summed E-state index contributed by atoms with van der Waals surface area (Å²) in [6, 6.07) is 0. The number of rotatable bonds is 4. The van der Waals surface area contributed by atoms with Crippen LogP contribution in [0.3, 0.4) is 0 Å². The SMILES string of the molecule is O=C(NCC1CC1)c1c[nH]c2ncc(C3CC3)nc12. The van der Waals surface area contributed by atoms with E-state index < -0.39 is 0 Å². The lowest BCUT2D eigenvalue weighted by molar-refractivity contribution is 0.0953. The van der Waals surface area contributed by atoms with E-state index in [1.165, 1.54) is 25.7 Å². The molecule has 0 aliphatic heterocycles. The van der Waals surface area contributed by atoms with Crippen molar-refractivity contribution in [1.29, 1.82) is 0 Å². The molecule has 1 amide bonds. The van der Waals surface area contributed by atoms with Gasteiger partial charge in [0.1, 0.15) is 5.52 Å². The molecule has 0 radical (unpaired) electrons. The Labute approximate surface area is 110 Å². The molecule has 19 heavy (non-hydrogen) atoms. The Bertz CT molecular complexity index is 640. The van der Waals surface area contributed by atoms with Gasteiger partial charge in [-0.1, -0.05) is 0 Å². The van der Waals surface area contributed by atoms with Gasteiger partial charge in [0.05, 0.1) is 17.5 Å². The fraction of sp³-hybridized carbons (Fsp3) is 0.500. The molecule has 2 saturated carbocycles. The molecule has 0 unspecified atom stereocenters. The zero-order valence-corrected chi connectivity index (χ0v) is 10.6. The van der Waals surface area contributed by atoms with E-state index in [-0.39, 0.29) is 5.91 Å². The minimum Gasteiger partial charge on any atom is -0.352 e. The van der Waals surface area contributed by atoms with Crippen molar-refractivity contribution < 1.29 is 4.79 Å². The summed E-state index contributed by atoms with van der Waals surface area (Å²) in [7, 11) is 0. The van der Waals surface area contributed by atoms with E-state index in [9.17, 15) is 4.79 Å².